The molecular formula is C20H19Cl2N3O3S. The lowest BCUT2D eigenvalue weighted by Crippen LogP contribution is -2.48. The minimum atomic E-state index is -0.804. The van der Waals surface area contributed by atoms with E-state index in [0.29, 0.717) is 52.1 Å². The van der Waals surface area contributed by atoms with E-state index in [0.717, 1.165) is 5.56 Å². The molecular weight excluding hydrogens is 433 g/mol. The lowest BCUT2D eigenvalue weighted by Gasteiger charge is -2.39. The van der Waals surface area contributed by atoms with Gasteiger partial charge in [0.15, 0.2) is 0 Å². The fourth-order valence-corrected chi connectivity index (χ4v) is 5.17. The molecule has 0 saturated carbocycles. The van der Waals surface area contributed by atoms with E-state index in [9.17, 15) is 9.59 Å². The van der Waals surface area contributed by atoms with Crippen molar-refractivity contribution in [1.82, 2.24) is 14.9 Å². The van der Waals surface area contributed by atoms with Crippen molar-refractivity contribution in [3.8, 4) is 0 Å². The number of benzene rings is 1. The number of likely N-dealkylation sites (N-methyl/N-ethyl adjacent to an activating group) is 1. The van der Waals surface area contributed by atoms with Gasteiger partial charge < -0.3 is 14.6 Å². The maximum absolute atomic E-state index is 13.6. The third-order valence-electron chi connectivity index (χ3n) is 5.30. The van der Waals surface area contributed by atoms with E-state index >= 15 is 0 Å². The number of carbonyl (C=O) groups is 1. The number of aromatic nitrogens is 2. The Morgan fingerprint density at radius 2 is 2.07 bits per heavy atom. The second kappa shape index (κ2) is 8.07. The van der Waals surface area contributed by atoms with Crippen LogP contribution in [0.5, 0.6) is 0 Å². The van der Waals surface area contributed by atoms with Gasteiger partial charge in [-0.15, -0.1) is 11.3 Å². The number of aromatic amines is 1. The summed E-state index contributed by atoms with van der Waals surface area (Å²) in [5.41, 5.74) is 0.388. The molecule has 1 N–H and O–H groups in total. The molecule has 29 heavy (non-hydrogen) atoms. The van der Waals surface area contributed by atoms with Gasteiger partial charge in [-0.2, -0.15) is 0 Å². The first kappa shape index (κ1) is 20.3. The molecule has 0 aliphatic carbocycles. The largest absolute Gasteiger partial charge is 0.381 e. The number of halogens is 2. The van der Waals surface area contributed by atoms with Gasteiger partial charge in [-0.1, -0.05) is 29.3 Å². The summed E-state index contributed by atoms with van der Waals surface area (Å²) in [7, 11) is 1.71. The van der Waals surface area contributed by atoms with Crippen molar-refractivity contribution in [2.45, 2.75) is 24.8 Å². The molecule has 0 bridgehead atoms. The number of amides is 1. The number of rotatable bonds is 4. The van der Waals surface area contributed by atoms with Crippen LogP contribution in [-0.2, 0) is 21.5 Å². The van der Waals surface area contributed by atoms with Crippen LogP contribution in [-0.4, -0.2) is 41.0 Å². The highest BCUT2D eigenvalue weighted by molar-refractivity contribution is 7.17. The van der Waals surface area contributed by atoms with Crippen LogP contribution in [0.4, 0.5) is 0 Å². The molecule has 1 amide bonds. The van der Waals surface area contributed by atoms with Crippen molar-refractivity contribution in [1.29, 1.82) is 0 Å². The maximum Gasteiger partial charge on any atom is 0.268 e. The molecule has 2 aromatic heterocycles. The first-order valence-electron chi connectivity index (χ1n) is 9.16. The summed E-state index contributed by atoms with van der Waals surface area (Å²) in [5.74, 6) is 0.360. The standard InChI is InChI=1S/C20H19Cl2N3O3S/c1-25(11-16-23-15-4-9-29-17(15)18(26)24-16)19(27)20(5-7-28-8-6-20)13-3-2-12(21)10-14(13)22/h2-4,9-10H,5-8,11H2,1H3,(H,23,24,26). The van der Waals surface area contributed by atoms with Gasteiger partial charge in [-0.3, -0.25) is 9.59 Å². The molecule has 6 nitrogen and oxygen atoms in total. The van der Waals surface area contributed by atoms with Gasteiger partial charge >= 0.3 is 0 Å². The number of thiophene rings is 1. The molecule has 0 spiro atoms. The minimum absolute atomic E-state index is 0.0851. The summed E-state index contributed by atoms with van der Waals surface area (Å²) in [5, 5.41) is 2.81. The molecule has 152 valence electrons. The minimum Gasteiger partial charge on any atom is -0.381 e. The molecule has 0 unspecified atom stereocenters. The number of ether oxygens (including phenoxy) is 1. The Morgan fingerprint density at radius 3 is 2.79 bits per heavy atom. The van der Waals surface area contributed by atoms with Crippen molar-refractivity contribution in [3.05, 3.63) is 61.4 Å². The van der Waals surface area contributed by atoms with Crippen LogP contribution >= 0.6 is 34.5 Å². The Hall–Kier alpha value is -1.93. The summed E-state index contributed by atoms with van der Waals surface area (Å²) in [6.07, 6.45) is 1.04. The average Bonchev–Trinajstić information content (AvgIpc) is 3.17. The SMILES string of the molecule is CN(Cc1nc2ccsc2c(=O)[nH]1)C(=O)C1(c2ccc(Cl)cc2Cl)CCOCC1. The molecule has 1 saturated heterocycles. The second-order valence-corrected chi connectivity index (χ2v) is 8.89. The zero-order chi connectivity index (χ0) is 20.6. The highest BCUT2D eigenvalue weighted by Crippen LogP contribution is 2.41. The fourth-order valence-electron chi connectivity index (χ4n) is 3.85. The van der Waals surface area contributed by atoms with Gasteiger partial charge in [0, 0.05) is 30.3 Å². The average molecular weight is 452 g/mol. The van der Waals surface area contributed by atoms with Crippen molar-refractivity contribution < 1.29 is 9.53 Å². The number of hydrogen-bond acceptors (Lipinski definition) is 5. The highest BCUT2D eigenvalue weighted by atomic mass is 35.5. The first-order valence-corrected chi connectivity index (χ1v) is 10.8. The van der Waals surface area contributed by atoms with Gasteiger partial charge in [-0.25, -0.2) is 4.98 Å². The van der Waals surface area contributed by atoms with Crippen LogP contribution in [0, 0.1) is 0 Å². The molecule has 0 atom stereocenters. The third-order valence-corrected chi connectivity index (χ3v) is 6.75. The van der Waals surface area contributed by atoms with E-state index in [4.69, 9.17) is 27.9 Å². The Kier molecular flexibility index (Phi) is 5.66. The number of carbonyl (C=O) groups excluding carboxylic acids is 1. The fraction of sp³-hybridized carbons (Fsp3) is 0.350. The van der Waals surface area contributed by atoms with E-state index in [-0.39, 0.29) is 18.0 Å². The summed E-state index contributed by atoms with van der Waals surface area (Å²) in [4.78, 5) is 34.7. The maximum atomic E-state index is 13.6. The lowest BCUT2D eigenvalue weighted by molar-refractivity contribution is -0.140. The molecule has 1 aliphatic heterocycles. The van der Waals surface area contributed by atoms with Gasteiger partial charge in [0.1, 0.15) is 10.5 Å². The van der Waals surface area contributed by atoms with E-state index in [1.54, 1.807) is 30.1 Å². The first-order chi connectivity index (χ1) is 13.9. The van der Waals surface area contributed by atoms with Crippen molar-refractivity contribution in [3.63, 3.8) is 0 Å². The lowest BCUT2D eigenvalue weighted by atomic mass is 9.73. The van der Waals surface area contributed by atoms with Gasteiger partial charge in [0.05, 0.1) is 17.5 Å². The van der Waals surface area contributed by atoms with E-state index in [1.165, 1.54) is 11.3 Å². The van der Waals surface area contributed by atoms with Gasteiger partial charge in [-0.05, 0) is 42.0 Å². The summed E-state index contributed by atoms with van der Waals surface area (Å²) in [6.45, 7) is 1.12. The molecule has 9 heteroatoms. The number of nitrogens with one attached hydrogen (secondary N) is 1. The normalized spacial score (nSPS) is 16.1. The van der Waals surface area contributed by atoms with Crippen molar-refractivity contribution in [2.24, 2.45) is 0 Å². The summed E-state index contributed by atoms with van der Waals surface area (Å²) >= 11 is 13.9. The zero-order valence-electron chi connectivity index (χ0n) is 15.7. The predicted octanol–water partition coefficient (Wildman–Crippen LogP) is 4.00. The zero-order valence-corrected chi connectivity index (χ0v) is 18.0. The summed E-state index contributed by atoms with van der Waals surface area (Å²) < 4.78 is 6.09. The highest BCUT2D eigenvalue weighted by Gasteiger charge is 2.44. The molecule has 1 aliphatic rings. The van der Waals surface area contributed by atoms with Crippen LogP contribution < -0.4 is 5.56 Å². The molecule has 1 fully saturated rings. The van der Waals surface area contributed by atoms with Crippen LogP contribution in [0.2, 0.25) is 10.0 Å². The van der Waals surface area contributed by atoms with Gasteiger partial charge in [0.25, 0.3) is 5.56 Å². The number of fused-ring (bicyclic) bond motifs is 1. The van der Waals surface area contributed by atoms with E-state index in [2.05, 4.69) is 9.97 Å². The van der Waals surface area contributed by atoms with Crippen LogP contribution in [0.1, 0.15) is 24.2 Å². The monoisotopic (exact) mass is 451 g/mol. The second-order valence-electron chi connectivity index (χ2n) is 7.13. The molecule has 3 heterocycles. The summed E-state index contributed by atoms with van der Waals surface area (Å²) in [6, 6.07) is 7.02. The van der Waals surface area contributed by atoms with E-state index in [1.807, 2.05) is 11.4 Å². The van der Waals surface area contributed by atoms with Crippen molar-refractivity contribution >= 4 is 50.7 Å². The molecule has 3 aromatic rings. The Bertz CT molecular complexity index is 1120. The molecule has 0 radical (unpaired) electrons. The smallest absolute Gasteiger partial charge is 0.268 e. The van der Waals surface area contributed by atoms with Crippen LogP contribution in [0.3, 0.4) is 0 Å². The quantitative estimate of drug-likeness (QED) is 0.650. The van der Waals surface area contributed by atoms with Crippen molar-refractivity contribution in [2.75, 3.05) is 20.3 Å². The van der Waals surface area contributed by atoms with E-state index < -0.39 is 5.41 Å². The number of nitrogens with zero attached hydrogens (tertiary/aromatic N) is 2. The Morgan fingerprint density at radius 1 is 1.31 bits per heavy atom. The Balaban J connectivity index is 1.67. The van der Waals surface area contributed by atoms with Crippen LogP contribution in [0.15, 0.2) is 34.4 Å². The van der Waals surface area contributed by atoms with Crippen LogP contribution in [0.25, 0.3) is 10.2 Å². The molecule has 1 aromatic carbocycles. The topological polar surface area (TPSA) is 75.3 Å². The Labute approximate surface area is 181 Å². The number of hydrogen-bond donors (Lipinski definition) is 1. The number of H-pyrrole nitrogens is 1. The predicted molar refractivity (Wildman–Crippen MR) is 115 cm³/mol. The molecule has 4 rings (SSSR count). The van der Waals surface area contributed by atoms with Gasteiger partial charge in [0.2, 0.25) is 5.91 Å². The third kappa shape index (κ3) is 3.80.